The maximum absolute atomic E-state index is 4.86. The molecule has 29 heavy (non-hydrogen) atoms. The predicted octanol–water partition coefficient (Wildman–Crippen LogP) is 4.25. The molecule has 1 fully saturated rings. The minimum atomic E-state index is 0.302. The largest absolute Gasteiger partial charge is 0.368 e. The summed E-state index contributed by atoms with van der Waals surface area (Å²) in [5.74, 6) is 1.50. The summed E-state index contributed by atoms with van der Waals surface area (Å²) in [6, 6.07) is 12.8. The molecule has 4 heterocycles. The molecule has 4 aromatic heterocycles. The van der Waals surface area contributed by atoms with E-state index < -0.39 is 0 Å². The second kappa shape index (κ2) is 7.16. The van der Waals surface area contributed by atoms with Crippen molar-refractivity contribution in [2.75, 3.05) is 10.6 Å². The van der Waals surface area contributed by atoms with Gasteiger partial charge in [-0.2, -0.15) is 5.10 Å². The van der Waals surface area contributed by atoms with E-state index in [9.17, 15) is 0 Å². The number of nitrogens with zero attached hydrogens (tertiary/aromatic N) is 5. The van der Waals surface area contributed by atoms with Gasteiger partial charge < -0.3 is 10.6 Å². The van der Waals surface area contributed by atoms with Crippen molar-refractivity contribution < 1.29 is 0 Å². The van der Waals surface area contributed by atoms with Gasteiger partial charge in [0.2, 0.25) is 5.95 Å². The molecule has 146 valence electrons. The van der Waals surface area contributed by atoms with Crippen LogP contribution in [0.5, 0.6) is 0 Å². The van der Waals surface area contributed by atoms with Crippen LogP contribution in [0.4, 0.5) is 11.8 Å². The van der Waals surface area contributed by atoms with E-state index in [1.165, 1.54) is 12.8 Å². The minimum Gasteiger partial charge on any atom is -0.368 e. The fraction of sp³-hybridized carbons (Fsp3) is 0.273. The number of fused-ring (bicyclic) bond motifs is 1. The van der Waals surface area contributed by atoms with Crippen LogP contribution in [-0.4, -0.2) is 36.6 Å². The van der Waals surface area contributed by atoms with Gasteiger partial charge in [0.15, 0.2) is 0 Å². The summed E-state index contributed by atoms with van der Waals surface area (Å²) in [5, 5.41) is 11.6. The van der Waals surface area contributed by atoms with Gasteiger partial charge in [0.25, 0.3) is 0 Å². The van der Waals surface area contributed by atoms with Gasteiger partial charge in [0.1, 0.15) is 11.5 Å². The second-order valence-electron chi connectivity index (χ2n) is 7.67. The van der Waals surface area contributed by atoms with Gasteiger partial charge in [-0.1, -0.05) is 6.07 Å². The molecule has 1 aliphatic carbocycles. The molecule has 0 aromatic carbocycles. The lowest BCUT2D eigenvalue weighted by molar-refractivity contribution is 0.889. The number of aromatic nitrogens is 5. The molecule has 0 aliphatic heterocycles. The van der Waals surface area contributed by atoms with Crippen molar-refractivity contribution in [2.24, 2.45) is 0 Å². The Balaban J connectivity index is 1.65. The molecule has 7 nitrogen and oxygen atoms in total. The average Bonchev–Trinajstić information content (AvgIpc) is 3.44. The molecule has 7 heteroatoms. The molecule has 0 unspecified atom stereocenters. The fourth-order valence-corrected chi connectivity index (χ4v) is 3.38. The molecule has 1 saturated carbocycles. The highest BCUT2D eigenvalue weighted by molar-refractivity contribution is 5.91. The van der Waals surface area contributed by atoms with Gasteiger partial charge in [-0.3, -0.25) is 0 Å². The normalized spacial score (nSPS) is 13.8. The standard InChI is InChI=1S/C22H23N7/c1-14(2)25-19-13-15(8-10-23-19)21-20(18-5-3-4-12-29(18)28-21)17-9-11-24-22(27-17)26-16-6-7-16/h3-5,8-14,16H,6-7H2,1-2H3,(H,23,25)(H,24,26,27). The van der Waals surface area contributed by atoms with Crippen LogP contribution in [0.1, 0.15) is 26.7 Å². The van der Waals surface area contributed by atoms with Crippen molar-refractivity contribution in [3.63, 3.8) is 0 Å². The molecular weight excluding hydrogens is 362 g/mol. The molecule has 2 N–H and O–H groups in total. The van der Waals surface area contributed by atoms with Gasteiger partial charge in [-0.25, -0.2) is 19.5 Å². The van der Waals surface area contributed by atoms with Crippen LogP contribution in [0.3, 0.4) is 0 Å². The van der Waals surface area contributed by atoms with Gasteiger partial charge in [0, 0.05) is 36.2 Å². The van der Waals surface area contributed by atoms with Gasteiger partial charge in [0.05, 0.1) is 16.8 Å². The lowest BCUT2D eigenvalue weighted by Gasteiger charge is -2.10. The van der Waals surface area contributed by atoms with Crippen molar-refractivity contribution in [1.29, 1.82) is 0 Å². The minimum absolute atomic E-state index is 0.302. The van der Waals surface area contributed by atoms with E-state index in [0.717, 1.165) is 33.8 Å². The lowest BCUT2D eigenvalue weighted by Crippen LogP contribution is -2.10. The van der Waals surface area contributed by atoms with Crippen molar-refractivity contribution in [3.8, 4) is 22.5 Å². The van der Waals surface area contributed by atoms with Crippen molar-refractivity contribution >= 4 is 17.3 Å². The van der Waals surface area contributed by atoms with Crippen LogP contribution in [-0.2, 0) is 0 Å². The molecular formula is C22H23N7. The summed E-state index contributed by atoms with van der Waals surface area (Å²) in [6.07, 6.45) is 7.94. The molecule has 0 bridgehead atoms. The zero-order valence-corrected chi connectivity index (χ0v) is 16.5. The number of hydrogen-bond acceptors (Lipinski definition) is 6. The number of rotatable bonds is 6. The molecule has 0 radical (unpaired) electrons. The number of pyridine rings is 2. The zero-order valence-electron chi connectivity index (χ0n) is 16.5. The Morgan fingerprint density at radius 2 is 1.93 bits per heavy atom. The first-order valence-corrected chi connectivity index (χ1v) is 9.97. The second-order valence-corrected chi connectivity index (χ2v) is 7.67. The summed E-state index contributed by atoms with van der Waals surface area (Å²) >= 11 is 0. The van der Waals surface area contributed by atoms with Gasteiger partial charge in [-0.15, -0.1) is 0 Å². The smallest absolute Gasteiger partial charge is 0.223 e. The van der Waals surface area contributed by atoms with E-state index in [4.69, 9.17) is 10.1 Å². The third-order valence-electron chi connectivity index (χ3n) is 4.83. The molecule has 0 spiro atoms. The summed E-state index contributed by atoms with van der Waals surface area (Å²) in [6.45, 7) is 4.19. The Labute approximate surface area is 169 Å². The first-order valence-electron chi connectivity index (χ1n) is 9.97. The molecule has 1 aliphatic rings. The predicted molar refractivity (Wildman–Crippen MR) is 115 cm³/mol. The van der Waals surface area contributed by atoms with E-state index in [1.54, 1.807) is 0 Å². The van der Waals surface area contributed by atoms with Crippen LogP contribution >= 0.6 is 0 Å². The van der Waals surface area contributed by atoms with Crippen molar-refractivity contribution in [1.82, 2.24) is 24.6 Å². The topological polar surface area (TPSA) is 80.0 Å². The zero-order chi connectivity index (χ0) is 19.8. The van der Waals surface area contributed by atoms with E-state index in [-0.39, 0.29) is 0 Å². The third kappa shape index (κ3) is 3.63. The monoisotopic (exact) mass is 385 g/mol. The summed E-state index contributed by atoms with van der Waals surface area (Å²) in [7, 11) is 0. The Morgan fingerprint density at radius 1 is 1.07 bits per heavy atom. The molecule has 0 atom stereocenters. The number of anilines is 2. The number of nitrogens with one attached hydrogen (secondary N) is 2. The van der Waals surface area contributed by atoms with Gasteiger partial charge in [-0.05, 0) is 57.0 Å². The third-order valence-corrected chi connectivity index (χ3v) is 4.83. The fourth-order valence-electron chi connectivity index (χ4n) is 3.38. The Morgan fingerprint density at radius 3 is 2.76 bits per heavy atom. The van der Waals surface area contributed by atoms with Gasteiger partial charge >= 0.3 is 0 Å². The SMILES string of the molecule is CC(C)Nc1cc(-c2nn3ccccc3c2-c2ccnc(NC3CC3)n2)ccn1. The maximum atomic E-state index is 4.86. The first-order chi connectivity index (χ1) is 14.2. The average molecular weight is 385 g/mol. The van der Waals surface area contributed by atoms with Crippen molar-refractivity contribution in [2.45, 2.75) is 38.8 Å². The Kier molecular flexibility index (Phi) is 4.35. The summed E-state index contributed by atoms with van der Waals surface area (Å²) in [5.41, 5.74) is 4.73. The van der Waals surface area contributed by atoms with Crippen LogP contribution in [0.15, 0.2) is 55.0 Å². The molecule has 5 rings (SSSR count). The highest BCUT2D eigenvalue weighted by atomic mass is 15.2. The van der Waals surface area contributed by atoms with Crippen LogP contribution < -0.4 is 10.6 Å². The Bertz CT molecular complexity index is 1160. The quantitative estimate of drug-likeness (QED) is 0.517. The number of hydrogen-bond donors (Lipinski definition) is 2. The van der Waals surface area contributed by atoms with Crippen LogP contribution in [0.25, 0.3) is 28.0 Å². The highest BCUT2D eigenvalue weighted by Gasteiger charge is 2.23. The maximum Gasteiger partial charge on any atom is 0.223 e. The van der Waals surface area contributed by atoms with E-state index >= 15 is 0 Å². The summed E-state index contributed by atoms with van der Waals surface area (Å²) in [4.78, 5) is 13.6. The van der Waals surface area contributed by atoms with Crippen LogP contribution in [0, 0.1) is 0 Å². The molecule has 0 amide bonds. The van der Waals surface area contributed by atoms with E-state index in [2.05, 4.69) is 40.5 Å². The summed E-state index contributed by atoms with van der Waals surface area (Å²) < 4.78 is 1.90. The molecule has 4 aromatic rings. The Hall–Kier alpha value is -3.48. The van der Waals surface area contributed by atoms with Crippen molar-refractivity contribution in [3.05, 3.63) is 55.0 Å². The molecule has 0 saturated heterocycles. The van der Waals surface area contributed by atoms with Crippen LogP contribution in [0.2, 0.25) is 0 Å². The lowest BCUT2D eigenvalue weighted by atomic mass is 10.0. The first kappa shape index (κ1) is 17.6. The van der Waals surface area contributed by atoms with E-state index in [1.807, 2.05) is 53.4 Å². The van der Waals surface area contributed by atoms with E-state index in [0.29, 0.717) is 18.0 Å². The highest BCUT2D eigenvalue weighted by Crippen LogP contribution is 2.35.